The third kappa shape index (κ3) is 1.81. The lowest BCUT2D eigenvalue weighted by Crippen LogP contribution is -2.62. The minimum Gasteiger partial charge on any atom is -0.351 e. The molecule has 4 fully saturated rings. The summed E-state index contributed by atoms with van der Waals surface area (Å²) < 4.78 is 4.64. The first-order valence-electron chi connectivity index (χ1n) is 11.5. The molecule has 8 rings (SSSR count). The third-order valence-corrected chi connectivity index (χ3v) is 8.99. The van der Waals surface area contributed by atoms with Gasteiger partial charge in [0.1, 0.15) is 0 Å². The molecule has 2 aromatic heterocycles. The maximum absolute atomic E-state index is 5.23. The van der Waals surface area contributed by atoms with Gasteiger partial charge in [-0.1, -0.05) is 18.2 Å². The largest absolute Gasteiger partial charge is 0.351 e. The van der Waals surface area contributed by atoms with E-state index in [1.54, 1.807) is 0 Å². The smallest absolute Gasteiger partial charge is 0.214 e. The average molecular weight is 387 g/mol. The Hall–Kier alpha value is -2.23. The van der Waals surface area contributed by atoms with E-state index in [1.165, 1.54) is 54.7 Å². The van der Waals surface area contributed by atoms with Crippen molar-refractivity contribution in [3.05, 3.63) is 53.6 Å². The molecule has 1 aromatic carbocycles. The fourth-order valence-electron chi connectivity index (χ4n) is 8.23. The molecule has 4 nitrogen and oxygen atoms in total. The lowest BCUT2D eigenvalue weighted by molar-refractivity contribution is -0.0623. The minimum absolute atomic E-state index is 0.106. The second-order valence-corrected chi connectivity index (χ2v) is 10.4. The highest BCUT2D eigenvalue weighted by atomic mass is 15.3. The number of imidazole rings is 2. The number of hydrogen-bond donors (Lipinski definition) is 0. The van der Waals surface area contributed by atoms with E-state index in [0.29, 0.717) is 6.04 Å². The number of hydrogen-bond acceptors (Lipinski definition) is 2. The Balaban J connectivity index is 1.55. The SMILES string of the molecule is Cc1ccccc1N1C(C)c2nc3n(C)ccn3c2C12C1CC3CC(C1)CC2C3. The first-order chi connectivity index (χ1) is 14.1. The highest BCUT2D eigenvalue weighted by molar-refractivity contribution is 5.64. The van der Waals surface area contributed by atoms with E-state index in [0.717, 1.165) is 29.4 Å². The normalized spacial score (nSPS) is 37.2. The van der Waals surface area contributed by atoms with Crippen LogP contribution in [0.5, 0.6) is 0 Å². The van der Waals surface area contributed by atoms with Crippen molar-refractivity contribution in [1.29, 1.82) is 0 Å². The van der Waals surface area contributed by atoms with Crippen LogP contribution >= 0.6 is 0 Å². The summed E-state index contributed by atoms with van der Waals surface area (Å²) in [5.74, 6) is 4.53. The van der Waals surface area contributed by atoms with Gasteiger partial charge in [0.25, 0.3) is 0 Å². The van der Waals surface area contributed by atoms with Gasteiger partial charge >= 0.3 is 0 Å². The van der Waals surface area contributed by atoms with E-state index in [9.17, 15) is 0 Å². The van der Waals surface area contributed by atoms with E-state index in [2.05, 4.69) is 71.4 Å². The number of para-hydroxylation sites is 1. The molecule has 4 aliphatic carbocycles. The Bertz CT molecular complexity index is 1110. The summed E-state index contributed by atoms with van der Waals surface area (Å²) >= 11 is 0. The minimum atomic E-state index is 0.106. The van der Waals surface area contributed by atoms with E-state index in [1.807, 2.05) is 0 Å². The summed E-state index contributed by atoms with van der Waals surface area (Å²) in [7, 11) is 2.13. The van der Waals surface area contributed by atoms with Crippen LogP contribution in [0.4, 0.5) is 5.69 Å². The summed E-state index contributed by atoms with van der Waals surface area (Å²) in [6.45, 7) is 4.69. The average Bonchev–Trinajstić information content (AvgIpc) is 3.31. The van der Waals surface area contributed by atoms with Crippen molar-refractivity contribution in [2.45, 2.75) is 57.5 Å². The molecule has 0 N–H and O–H groups in total. The van der Waals surface area contributed by atoms with Crippen LogP contribution in [-0.4, -0.2) is 14.0 Å². The molecule has 4 saturated carbocycles. The number of benzene rings is 1. The van der Waals surface area contributed by atoms with Crippen molar-refractivity contribution in [1.82, 2.24) is 14.0 Å². The van der Waals surface area contributed by atoms with Crippen molar-refractivity contribution in [2.75, 3.05) is 4.90 Å². The molecule has 0 amide bonds. The van der Waals surface area contributed by atoms with Gasteiger partial charge < -0.3 is 9.47 Å². The highest BCUT2D eigenvalue weighted by Crippen LogP contribution is 2.68. The zero-order valence-corrected chi connectivity index (χ0v) is 17.7. The Morgan fingerprint density at radius 2 is 1.66 bits per heavy atom. The van der Waals surface area contributed by atoms with Crippen molar-refractivity contribution in [3.8, 4) is 0 Å². The molecule has 1 atom stereocenters. The summed E-state index contributed by atoms with van der Waals surface area (Å²) in [6.07, 6.45) is 11.5. The Kier molecular flexibility index (Phi) is 3.01. The molecular formula is C25H30N4. The van der Waals surface area contributed by atoms with Crippen molar-refractivity contribution < 1.29 is 0 Å². The summed E-state index contributed by atoms with van der Waals surface area (Å²) in [4.78, 5) is 8.07. The zero-order valence-electron chi connectivity index (χ0n) is 17.7. The van der Waals surface area contributed by atoms with E-state index >= 15 is 0 Å². The third-order valence-electron chi connectivity index (χ3n) is 8.99. The lowest BCUT2D eigenvalue weighted by Gasteiger charge is -2.63. The Morgan fingerprint density at radius 1 is 0.966 bits per heavy atom. The van der Waals surface area contributed by atoms with Crippen LogP contribution in [0.1, 0.15) is 62.0 Å². The van der Waals surface area contributed by atoms with Crippen LogP contribution in [0.3, 0.4) is 0 Å². The number of nitrogens with zero attached hydrogens (tertiary/aromatic N) is 4. The molecular weight excluding hydrogens is 356 g/mol. The summed E-state index contributed by atoms with van der Waals surface area (Å²) in [5, 5.41) is 0. The monoisotopic (exact) mass is 386 g/mol. The maximum Gasteiger partial charge on any atom is 0.214 e. The van der Waals surface area contributed by atoms with Crippen LogP contribution in [-0.2, 0) is 12.6 Å². The second kappa shape index (κ2) is 5.27. The molecule has 0 saturated heterocycles. The molecule has 0 radical (unpaired) electrons. The predicted molar refractivity (Wildman–Crippen MR) is 115 cm³/mol. The van der Waals surface area contributed by atoms with Gasteiger partial charge in [-0.2, -0.15) is 0 Å². The van der Waals surface area contributed by atoms with Gasteiger partial charge in [0.05, 0.1) is 23.0 Å². The van der Waals surface area contributed by atoms with Crippen LogP contribution < -0.4 is 4.90 Å². The second-order valence-electron chi connectivity index (χ2n) is 10.4. The Morgan fingerprint density at radius 3 is 2.34 bits per heavy atom. The van der Waals surface area contributed by atoms with Gasteiger partial charge in [0.15, 0.2) is 0 Å². The quantitative estimate of drug-likeness (QED) is 0.573. The van der Waals surface area contributed by atoms with Crippen molar-refractivity contribution in [3.63, 3.8) is 0 Å². The van der Waals surface area contributed by atoms with Gasteiger partial charge in [-0.25, -0.2) is 4.98 Å². The van der Waals surface area contributed by atoms with Crippen molar-refractivity contribution >= 4 is 11.5 Å². The molecule has 1 spiro atoms. The van der Waals surface area contributed by atoms with E-state index in [-0.39, 0.29) is 5.54 Å². The first kappa shape index (κ1) is 16.6. The number of anilines is 1. The molecule has 1 aliphatic heterocycles. The number of fused-ring (bicyclic) bond motifs is 3. The van der Waals surface area contributed by atoms with Gasteiger partial charge in [-0.05, 0) is 81.3 Å². The molecule has 1 unspecified atom stereocenters. The fourth-order valence-corrected chi connectivity index (χ4v) is 8.23. The number of aryl methyl sites for hydroxylation is 2. The molecule has 29 heavy (non-hydrogen) atoms. The van der Waals surface area contributed by atoms with Gasteiger partial charge in [0, 0.05) is 25.1 Å². The number of rotatable bonds is 1. The molecule has 5 aliphatic rings. The topological polar surface area (TPSA) is 25.5 Å². The predicted octanol–water partition coefficient (Wildman–Crippen LogP) is 5.21. The first-order valence-corrected chi connectivity index (χ1v) is 11.5. The maximum atomic E-state index is 5.23. The fraction of sp³-hybridized carbons (Fsp3) is 0.560. The Labute approximate surface area is 172 Å². The zero-order chi connectivity index (χ0) is 19.5. The van der Waals surface area contributed by atoms with Crippen LogP contribution in [0.15, 0.2) is 36.7 Å². The van der Waals surface area contributed by atoms with E-state index in [4.69, 9.17) is 4.98 Å². The standard InChI is InChI=1S/C25H30N4/c1-15-6-4-5-7-21(15)29-16(2)22-23(28-9-8-27(3)24(28)26-22)25(29)19-11-17-10-18(13-19)14-20(25)12-17/h4-9,16-20H,10-14H2,1-3H3. The van der Waals surface area contributed by atoms with Gasteiger partial charge in [-0.15, -0.1) is 0 Å². The summed E-state index contributed by atoms with van der Waals surface area (Å²) in [6, 6.07) is 9.37. The molecule has 4 bridgehead atoms. The van der Waals surface area contributed by atoms with Gasteiger partial charge in [-0.3, -0.25) is 4.40 Å². The van der Waals surface area contributed by atoms with Crippen LogP contribution in [0.2, 0.25) is 0 Å². The number of aromatic nitrogens is 3. The summed E-state index contributed by atoms with van der Waals surface area (Å²) in [5.41, 5.74) is 5.78. The highest BCUT2D eigenvalue weighted by Gasteiger charge is 2.66. The van der Waals surface area contributed by atoms with Crippen LogP contribution in [0.25, 0.3) is 5.78 Å². The van der Waals surface area contributed by atoms with Crippen LogP contribution in [0, 0.1) is 30.6 Å². The molecule has 3 aromatic rings. The molecule has 3 heterocycles. The lowest BCUT2D eigenvalue weighted by atomic mass is 9.47. The van der Waals surface area contributed by atoms with Gasteiger partial charge in [0.2, 0.25) is 5.78 Å². The molecule has 4 heteroatoms. The van der Waals surface area contributed by atoms with Crippen molar-refractivity contribution in [2.24, 2.45) is 30.7 Å². The van der Waals surface area contributed by atoms with E-state index < -0.39 is 0 Å². The molecule has 150 valence electrons.